The Morgan fingerprint density at radius 2 is 1.66 bits per heavy atom. The number of sulfonamides is 1. The molecule has 9 nitrogen and oxygen atoms in total. The molecule has 4 rings (SSSR count). The van der Waals surface area contributed by atoms with E-state index in [2.05, 4.69) is 26.7 Å². The van der Waals surface area contributed by atoms with Crippen LogP contribution in [0.15, 0.2) is 54.7 Å². The summed E-state index contributed by atoms with van der Waals surface area (Å²) in [6, 6.07) is 15.4. The van der Waals surface area contributed by atoms with Crippen LogP contribution in [0.4, 0.5) is 16.2 Å². The molecular weight excluding hydrogens is 564 g/mol. The lowest BCUT2D eigenvalue weighted by Gasteiger charge is -2.36. The van der Waals surface area contributed by atoms with Crippen molar-refractivity contribution in [1.29, 1.82) is 0 Å². The number of carbonyl (C=O) groups is 1. The molecule has 3 aromatic rings. The highest BCUT2D eigenvalue weighted by Crippen LogP contribution is 2.36. The molecule has 0 unspecified atom stereocenters. The van der Waals surface area contributed by atoms with Crippen molar-refractivity contribution in [1.82, 2.24) is 9.88 Å². The number of hydrogen-bond acceptors (Lipinski definition) is 7. The average molecular weight is 601 g/mol. The maximum atomic E-state index is 12.4. The number of nitrogens with one attached hydrogen (secondary N) is 1. The number of halogens is 1. The maximum Gasteiger partial charge on any atom is 0.410 e. The van der Waals surface area contributed by atoms with Crippen LogP contribution >= 0.6 is 11.6 Å². The molecule has 1 aromatic heterocycles. The molecule has 41 heavy (non-hydrogen) atoms. The third kappa shape index (κ3) is 7.83. The smallest absolute Gasteiger partial charge is 0.410 e. The van der Waals surface area contributed by atoms with Gasteiger partial charge in [0, 0.05) is 49.2 Å². The Labute approximate surface area is 247 Å². The monoisotopic (exact) mass is 600 g/mol. The van der Waals surface area contributed by atoms with Gasteiger partial charge in [0.15, 0.2) is 0 Å². The number of methoxy groups -OCH3 is 1. The molecule has 1 aliphatic rings. The number of aromatic nitrogens is 1. The van der Waals surface area contributed by atoms with Crippen molar-refractivity contribution >= 4 is 39.1 Å². The molecule has 0 atom stereocenters. The molecule has 1 saturated heterocycles. The molecule has 1 amide bonds. The summed E-state index contributed by atoms with van der Waals surface area (Å²) < 4.78 is 38.1. The normalized spacial score (nSPS) is 14.1. The molecule has 11 heteroatoms. The van der Waals surface area contributed by atoms with Crippen LogP contribution in [0.1, 0.15) is 34.1 Å². The van der Waals surface area contributed by atoms with Gasteiger partial charge in [-0.2, -0.15) is 0 Å². The molecule has 2 heterocycles. The Balaban J connectivity index is 1.49. The zero-order valence-electron chi connectivity index (χ0n) is 24.1. The van der Waals surface area contributed by atoms with Crippen molar-refractivity contribution in [2.45, 2.75) is 39.7 Å². The zero-order valence-corrected chi connectivity index (χ0v) is 25.7. The van der Waals surface area contributed by atoms with Crippen molar-refractivity contribution in [3.63, 3.8) is 0 Å². The van der Waals surface area contributed by atoms with Gasteiger partial charge in [-0.05, 0) is 68.7 Å². The summed E-state index contributed by atoms with van der Waals surface area (Å²) in [6.45, 7) is 10.1. The number of anilines is 2. The van der Waals surface area contributed by atoms with Gasteiger partial charge in [0.1, 0.15) is 16.5 Å². The zero-order chi connectivity index (χ0) is 29.8. The van der Waals surface area contributed by atoms with Crippen molar-refractivity contribution < 1.29 is 22.7 Å². The van der Waals surface area contributed by atoms with Crippen molar-refractivity contribution in [3.8, 4) is 28.0 Å². The first-order chi connectivity index (χ1) is 19.4. The van der Waals surface area contributed by atoms with Gasteiger partial charge in [0.25, 0.3) is 0 Å². The first-order valence-electron chi connectivity index (χ1n) is 13.6. The van der Waals surface area contributed by atoms with Gasteiger partial charge in [-0.15, -0.1) is 0 Å². The third-order valence-electron chi connectivity index (χ3n) is 6.59. The number of benzene rings is 2. The Kier molecular flexibility index (Phi) is 9.34. The van der Waals surface area contributed by atoms with Gasteiger partial charge in [-0.25, -0.2) is 18.2 Å². The lowest BCUT2D eigenvalue weighted by molar-refractivity contribution is 0.0240. The van der Waals surface area contributed by atoms with Gasteiger partial charge in [0.2, 0.25) is 10.0 Å². The van der Waals surface area contributed by atoms with E-state index in [1.54, 1.807) is 29.3 Å². The van der Waals surface area contributed by atoms with Crippen LogP contribution < -0.4 is 14.4 Å². The molecule has 0 bridgehead atoms. The Morgan fingerprint density at radius 3 is 2.27 bits per heavy atom. The second kappa shape index (κ2) is 12.6. The summed E-state index contributed by atoms with van der Waals surface area (Å²) in [5, 5.41) is 0.328. The van der Waals surface area contributed by atoms with Gasteiger partial charge in [0.05, 0.1) is 18.6 Å². The largest absolute Gasteiger partial charge is 0.495 e. The predicted octanol–water partition coefficient (Wildman–Crippen LogP) is 6.29. The highest BCUT2D eigenvalue weighted by molar-refractivity contribution is 7.92. The number of pyridine rings is 1. The van der Waals surface area contributed by atoms with Crippen LogP contribution in [0.3, 0.4) is 0 Å². The standard InChI is InChI=1S/C30H37ClN4O5S/c1-6-17-41(37,38)33-26-12-9-22(19-27(26)39-5)25-18-23(20-32-28(25)31)21-7-10-24(11-8-21)34-13-15-35(16-14-34)29(36)40-30(2,3)4/h7-12,18-20,33H,6,13-17H2,1-5H3. The highest BCUT2D eigenvalue weighted by atomic mass is 35.5. The second-order valence-corrected chi connectivity index (χ2v) is 13.1. The van der Waals surface area contributed by atoms with Crippen LogP contribution in [0, 0.1) is 0 Å². The molecule has 0 aliphatic carbocycles. The van der Waals surface area contributed by atoms with Gasteiger partial charge in [-0.1, -0.05) is 36.7 Å². The molecule has 1 N–H and O–H groups in total. The lowest BCUT2D eigenvalue weighted by Crippen LogP contribution is -2.50. The Hall–Kier alpha value is -3.50. The van der Waals surface area contributed by atoms with Gasteiger partial charge < -0.3 is 19.3 Å². The molecule has 2 aromatic carbocycles. The number of ether oxygens (including phenoxy) is 2. The number of piperazine rings is 1. The lowest BCUT2D eigenvalue weighted by atomic mass is 10.0. The van der Waals surface area contributed by atoms with Crippen LogP contribution in [0.2, 0.25) is 5.15 Å². The van der Waals surface area contributed by atoms with Crippen molar-refractivity contribution in [2.24, 2.45) is 0 Å². The second-order valence-electron chi connectivity index (χ2n) is 10.9. The molecule has 0 radical (unpaired) electrons. The third-order valence-corrected chi connectivity index (χ3v) is 8.36. The summed E-state index contributed by atoms with van der Waals surface area (Å²) >= 11 is 6.49. The SMILES string of the molecule is CCCS(=O)(=O)Nc1ccc(-c2cc(-c3ccc(N4CCN(C(=O)OC(C)(C)C)CC4)cc3)cnc2Cl)cc1OC. The van der Waals surface area contributed by atoms with E-state index in [4.69, 9.17) is 21.1 Å². The predicted molar refractivity (Wildman–Crippen MR) is 164 cm³/mol. The molecule has 1 fully saturated rings. The number of amides is 1. The summed E-state index contributed by atoms with van der Waals surface area (Å²) in [7, 11) is -1.97. The van der Waals surface area contributed by atoms with Crippen molar-refractivity contribution in [2.75, 3.05) is 48.7 Å². The van der Waals surface area contributed by atoms with E-state index >= 15 is 0 Å². The summed E-state index contributed by atoms with van der Waals surface area (Å²) in [5.41, 5.74) is 4.25. The first kappa shape index (κ1) is 30.5. The van der Waals surface area contributed by atoms with E-state index < -0.39 is 15.6 Å². The summed E-state index contributed by atoms with van der Waals surface area (Å²) in [5.74, 6) is 0.413. The van der Waals surface area contributed by atoms with Crippen LogP contribution in [-0.2, 0) is 14.8 Å². The Morgan fingerprint density at radius 1 is 1.00 bits per heavy atom. The maximum absolute atomic E-state index is 12.4. The molecule has 220 valence electrons. The fourth-order valence-electron chi connectivity index (χ4n) is 4.58. The number of rotatable bonds is 8. The van der Waals surface area contributed by atoms with Gasteiger partial charge >= 0.3 is 6.09 Å². The number of hydrogen-bond donors (Lipinski definition) is 1. The van der Waals surface area contributed by atoms with E-state index in [9.17, 15) is 13.2 Å². The summed E-state index contributed by atoms with van der Waals surface area (Å²) in [6.07, 6.45) is 1.96. The average Bonchev–Trinajstić information content (AvgIpc) is 2.93. The van der Waals surface area contributed by atoms with E-state index in [-0.39, 0.29) is 11.8 Å². The quantitative estimate of drug-likeness (QED) is 0.303. The Bertz CT molecular complexity index is 1480. The number of nitrogens with zero attached hydrogens (tertiary/aromatic N) is 3. The molecule has 1 aliphatic heterocycles. The minimum atomic E-state index is -3.47. The summed E-state index contributed by atoms with van der Waals surface area (Å²) in [4.78, 5) is 20.8. The fraction of sp³-hybridized carbons (Fsp3) is 0.400. The molecular formula is C30H37ClN4O5S. The van der Waals surface area contributed by atoms with E-state index in [0.717, 1.165) is 35.5 Å². The minimum absolute atomic E-state index is 0.0246. The van der Waals surface area contributed by atoms with E-state index in [1.807, 2.05) is 45.9 Å². The van der Waals surface area contributed by atoms with Crippen LogP contribution in [0.5, 0.6) is 5.75 Å². The van der Waals surface area contributed by atoms with Crippen molar-refractivity contribution in [3.05, 3.63) is 59.9 Å². The van der Waals surface area contributed by atoms with Crippen LogP contribution in [0.25, 0.3) is 22.3 Å². The highest BCUT2D eigenvalue weighted by Gasteiger charge is 2.26. The van der Waals surface area contributed by atoms with Gasteiger partial charge in [-0.3, -0.25) is 4.72 Å². The molecule has 0 saturated carbocycles. The molecule has 0 spiro atoms. The fourth-order valence-corrected chi connectivity index (χ4v) is 5.93. The van der Waals surface area contributed by atoms with E-state index in [0.29, 0.717) is 41.7 Å². The topological polar surface area (TPSA) is 101 Å². The van der Waals surface area contributed by atoms with Crippen LogP contribution in [-0.4, -0.2) is 69.0 Å². The minimum Gasteiger partial charge on any atom is -0.495 e. The van der Waals surface area contributed by atoms with E-state index in [1.165, 1.54) is 7.11 Å². The number of carbonyl (C=O) groups excluding carboxylic acids is 1. The first-order valence-corrected chi connectivity index (χ1v) is 15.6.